The van der Waals surface area contributed by atoms with E-state index in [-0.39, 0.29) is 12.0 Å². The largest absolute Gasteiger partial charge is 0.480 e. The van der Waals surface area contributed by atoms with Crippen LogP contribution in [-0.4, -0.2) is 28.8 Å². The van der Waals surface area contributed by atoms with Crippen molar-refractivity contribution in [1.29, 1.82) is 0 Å². The van der Waals surface area contributed by atoms with Crippen LogP contribution in [0.4, 0.5) is 4.39 Å². The summed E-state index contributed by atoms with van der Waals surface area (Å²) in [6.45, 7) is 1.72. The molecule has 0 heterocycles. The van der Waals surface area contributed by atoms with E-state index < -0.39 is 23.7 Å². The van der Waals surface area contributed by atoms with Crippen LogP contribution in [0.1, 0.15) is 22.3 Å². The van der Waals surface area contributed by atoms with E-state index in [1.807, 2.05) is 0 Å². The van der Waals surface area contributed by atoms with E-state index in [2.05, 4.69) is 17.9 Å². The van der Waals surface area contributed by atoms with Crippen LogP contribution in [0.25, 0.3) is 0 Å². The van der Waals surface area contributed by atoms with Gasteiger partial charge in [0.05, 0.1) is 5.56 Å². The second-order valence-electron chi connectivity index (χ2n) is 3.86. The summed E-state index contributed by atoms with van der Waals surface area (Å²) in [5, 5.41) is 11.2. The van der Waals surface area contributed by atoms with Crippen molar-refractivity contribution in [3.63, 3.8) is 0 Å². The second-order valence-corrected chi connectivity index (χ2v) is 4.31. The predicted molar refractivity (Wildman–Crippen MR) is 68.5 cm³/mol. The van der Waals surface area contributed by atoms with E-state index in [0.717, 1.165) is 5.56 Å². The van der Waals surface area contributed by atoms with Gasteiger partial charge < -0.3 is 10.4 Å². The minimum atomic E-state index is -1.16. The zero-order chi connectivity index (χ0) is 13.7. The van der Waals surface area contributed by atoms with Crippen molar-refractivity contribution in [1.82, 2.24) is 5.32 Å². The molecule has 0 spiro atoms. The molecule has 1 atom stereocenters. The smallest absolute Gasteiger partial charge is 0.326 e. The number of carbonyl (C=O) groups excluding carboxylic acids is 1. The van der Waals surface area contributed by atoms with Crippen LogP contribution in [0.5, 0.6) is 0 Å². The molecule has 2 N–H and O–H groups in total. The number of thiol groups is 1. The number of halogens is 1. The van der Waals surface area contributed by atoms with Crippen LogP contribution in [0, 0.1) is 12.7 Å². The number of aliphatic carboxylic acids is 1. The first-order valence-electron chi connectivity index (χ1n) is 5.36. The molecule has 0 bridgehead atoms. The quantitative estimate of drug-likeness (QED) is 0.713. The molecular formula is C12H14FNO3S. The number of rotatable bonds is 5. The van der Waals surface area contributed by atoms with Crippen molar-refractivity contribution in [3.8, 4) is 0 Å². The summed E-state index contributed by atoms with van der Waals surface area (Å²) in [6, 6.07) is 3.03. The standard InChI is InChI=1S/C12H14FNO3S/c1-7-2-3-9(13)8(6-7)11(15)14-10(4-5-18)12(16)17/h2-3,6,10,18H,4-5H2,1H3,(H,14,15)(H,16,17). The van der Waals surface area contributed by atoms with Gasteiger partial charge in [-0.15, -0.1) is 0 Å². The van der Waals surface area contributed by atoms with Gasteiger partial charge in [0.1, 0.15) is 11.9 Å². The molecule has 0 saturated carbocycles. The highest BCUT2D eigenvalue weighted by Gasteiger charge is 2.21. The molecule has 0 saturated heterocycles. The minimum Gasteiger partial charge on any atom is -0.480 e. The molecule has 18 heavy (non-hydrogen) atoms. The van der Waals surface area contributed by atoms with Crippen molar-refractivity contribution in [3.05, 3.63) is 35.1 Å². The average molecular weight is 271 g/mol. The van der Waals surface area contributed by atoms with Crippen molar-refractivity contribution in [2.24, 2.45) is 0 Å². The highest BCUT2D eigenvalue weighted by Crippen LogP contribution is 2.10. The Morgan fingerprint density at radius 1 is 1.50 bits per heavy atom. The van der Waals surface area contributed by atoms with E-state index >= 15 is 0 Å². The van der Waals surface area contributed by atoms with Gasteiger partial charge in [0.25, 0.3) is 5.91 Å². The first-order valence-corrected chi connectivity index (χ1v) is 5.99. The first kappa shape index (κ1) is 14.5. The van der Waals surface area contributed by atoms with Crippen LogP contribution in [-0.2, 0) is 4.79 Å². The van der Waals surface area contributed by atoms with Crippen LogP contribution < -0.4 is 5.32 Å². The number of amides is 1. The SMILES string of the molecule is Cc1ccc(F)c(C(=O)NC(CCS)C(=O)O)c1. The molecule has 0 aliphatic carbocycles. The molecule has 4 nitrogen and oxygen atoms in total. The van der Waals surface area contributed by atoms with Crippen molar-refractivity contribution >= 4 is 24.5 Å². The topological polar surface area (TPSA) is 66.4 Å². The Balaban J connectivity index is 2.86. The summed E-state index contributed by atoms with van der Waals surface area (Å²) in [4.78, 5) is 22.6. The van der Waals surface area contributed by atoms with Gasteiger partial charge in [-0.1, -0.05) is 11.6 Å². The highest BCUT2D eigenvalue weighted by atomic mass is 32.1. The average Bonchev–Trinajstić information content (AvgIpc) is 2.31. The molecule has 1 rings (SSSR count). The van der Waals surface area contributed by atoms with Gasteiger partial charge in [-0.3, -0.25) is 4.79 Å². The molecule has 0 aliphatic rings. The van der Waals surface area contributed by atoms with E-state index in [9.17, 15) is 14.0 Å². The lowest BCUT2D eigenvalue weighted by Crippen LogP contribution is -2.41. The van der Waals surface area contributed by atoms with Crippen LogP contribution in [0.3, 0.4) is 0 Å². The maximum Gasteiger partial charge on any atom is 0.326 e. The Morgan fingerprint density at radius 3 is 2.72 bits per heavy atom. The molecule has 0 radical (unpaired) electrons. The second kappa shape index (κ2) is 6.39. The fraction of sp³-hybridized carbons (Fsp3) is 0.333. The Morgan fingerprint density at radius 2 is 2.17 bits per heavy atom. The molecule has 1 aromatic rings. The Hall–Kier alpha value is -1.56. The van der Waals surface area contributed by atoms with Gasteiger partial charge in [-0.25, -0.2) is 9.18 Å². The summed E-state index contributed by atoms with van der Waals surface area (Å²) >= 11 is 3.91. The lowest BCUT2D eigenvalue weighted by atomic mass is 10.1. The highest BCUT2D eigenvalue weighted by molar-refractivity contribution is 7.80. The third kappa shape index (κ3) is 3.73. The Bertz CT molecular complexity index is 465. The lowest BCUT2D eigenvalue weighted by Gasteiger charge is -2.13. The fourth-order valence-electron chi connectivity index (χ4n) is 1.44. The molecule has 98 valence electrons. The normalized spacial score (nSPS) is 11.9. The Labute approximate surface area is 110 Å². The molecule has 1 amide bonds. The van der Waals surface area contributed by atoms with Crippen molar-refractivity contribution in [2.45, 2.75) is 19.4 Å². The van der Waals surface area contributed by atoms with Gasteiger partial charge in [-0.05, 0) is 31.2 Å². The van der Waals surface area contributed by atoms with E-state index in [0.29, 0.717) is 5.75 Å². The lowest BCUT2D eigenvalue weighted by molar-refractivity contribution is -0.139. The number of nitrogens with one attached hydrogen (secondary N) is 1. The summed E-state index contributed by atoms with van der Waals surface area (Å²) < 4.78 is 13.4. The van der Waals surface area contributed by atoms with E-state index in [4.69, 9.17) is 5.11 Å². The number of carboxylic acid groups (broad SMARTS) is 1. The van der Waals surface area contributed by atoms with E-state index in [1.165, 1.54) is 18.2 Å². The molecule has 0 fully saturated rings. The summed E-state index contributed by atoms with van der Waals surface area (Å²) in [5.74, 6) is -2.25. The van der Waals surface area contributed by atoms with Gasteiger partial charge in [-0.2, -0.15) is 12.6 Å². The maximum absolute atomic E-state index is 13.4. The number of carbonyl (C=O) groups is 2. The molecule has 1 unspecified atom stereocenters. The Kier molecular flexibility index (Phi) is 5.15. The molecular weight excluding hydrogens is 257 g/mol. The van der Waals surface area contributed by atoms with Gasteiger partial charge in [0.15, 0.2) is 0 Å². The zero-order valence-electron chi connectivity index (χ0n) is 9.81. The minimum absolute atomic E-state index is 0.152. The maximum atomic E-state index is 13.4. The zero-order valence-corrected chi connectivity index (χ0v) is 10.7. The van der Waals surface area contributed by atoms with Crippen molar-refractivity contribution < 1.29 is 19.1 Å². The van der Waals surface area contributed by atoms with Crippen LogP contribution >= 0.6 is 12.6 Å². The van der Waals surface area contributed by atoms with E-state index in [1.54, 1.807) is 6.92 Å². The third-order valence-electron chi connectivity index (χ3n) is 2.39. The monoisotopic (exact) mass is 271 g/mol. The molecule has 6 heteroatoms. The van der Waals surface area contributed by atoms with Gasteiger partial charge in [0, 0.05) is 0 Å². The molecule has 0 aromatic heterocycles. The van der Waals surface area contributed by atoms with Crippen LogP contribution in [0.2, 0.25) is 0 Å². The summed E-state index contributed by atoms with van der Waals surface area (Å²) in [6.07, 6.45) is 0.178. The molecule has 0 aliphatic heterocycles. The number of hydrogen-bond acceptors (Lipinski definition) is 3. The van der Waals surface area contributed by atoms with Crippen LogP contribution in [0.15, 0.2) is 18.2 Å². The first-order chi connectivity index (χ1) is 8.45. The number of aryl methyl sites for hydroxylation is 1. The summed E-state index contributed by atoms with van der Waals surface area (Å²) in [7, 11) is 0. The third-order valence-corrected chi connectivity index (χ3v) is 2.65. The molecule has 1 aromatic carbocycles. The number of benzene rings is 1. The number of carboxylic acids is 1. The predicted octanol–water partition coefficient (Wildman–Crippen LogP) is 1.64. The number of hydrogen-bond donors (Lipinski definition) is 3. The fourth-order valence-corrected chi connectivity index (χ4v) is 1.69. The summed E-state index contributed by atoms with van der Waals surface area (Å²) in [5.41, 5.74) is 0.572. The van der Waals surface area contributed by atoms with Crippen molar-refractivity contribution in [2.75, 3.05) is 5.75 Å². The van der Waals surface area contributed by atoms with Gasteiger partial charge in [0.2, 0.25) is 0 Å². The van der Waals surface area contributed by atoms with Gasteiger partial charge >= 0.3 is 5.97 Å².